The van der Waals surface area contributed by atoms with E-state index in [9.17, 15) is 4.79 Å². The molecule has 6 heteroatoms. The molecule has 0 saturated carbocycles. The van der Waals surface area contributed by atoms with Crippen molar-refractivity contribution in [2.75, 3.05) is 31.1 Å². The molecule has 0 aliphatic carbocycles. The molecule has 0 bridgehead atoms. The number of imidazole rings is 1. The average Bonchev–Trinajstić information content (AvgIpc) is 3.46. The molecule has 3 heterocycles. The van der Waals surface area contributed by atoms with Crippen LogP contribution in [0.1, 0.15) is 36.8 Å². The molecule has 2 aliphatic rings. The third-order valence-electron chi connectivity index (χ3n) is 6.73. The van der Waals surface area contributed by atoms with Gasteiger partial charge in [0.15, 0.2) is 0 Å². The largest absolute Gasteiger partial charge is 0.376 e. The summed E-state index contributed by atoms with van der Waals surface area (Å²) in [6, 6.07) is 17.0. The van der Waals surface area contributed by atoms with Gasteiger partial charge in [-0.25, -0.2) is 4.98 Å². The maximum absolute atomic E-state index is 12.7. The summed E-state index contributed by atoms with van der Waals surface area (Å²) >= 11 is 0. The molecule has 0 spiro atoms. The van der Waals surface area contributed by atoms with E-state index in [0.717, 1.165) is 68.9 Å². The lowest BCUT2D eigenvalue weighted by Gasteiger charge is -2.32. The molecule has 168 valence electrons. The molecule has 0 radical (unpaired) electrons. The lowest BCUT2D eigenvalue weighted by molar-refractivity contribution is -0.126. The van der Waals surface area contributed by atoms with E-state index in [1.54, 1.807) is 0 Å². The lowest BCUT2D eigenvalue weighted by Crippen LogP contribution is -2.43. The predicted molar refractivity (Wildman–Crippen MR) is 127 cm³/mol. The first kappa shape index (κ1) is 21.0. The number of carbonyl (C=O) groups is 1. The van der Waals surface area contributed by atoms with Gasteiger partial charge in [0.1, 0.15) is 0 Å². The third kappa shape index (κ3) is 4.51. The van der Waals surface area contributed by atoms with Crippen molar-refractivity contribution in [1.29, 1.82) is 0 Å². The normalized spacial score (nSPS) is 19.5. The van der Waals surface area contributed by atoms with Crippen LogP contribution in [0.2, 0.25) is 0 Å². The summed E-state index contributed by atoms with van der Waals surface area (Å²) in [6.45, 7) is 6.07. The van der Waals surface area contributed by atoms with E-state index in [-0.39, 0.29) is 17.9 Å². The predicted octanol–water partition coefficient (Wildman–Crippen LogP) is 3.90. The van der Waals surface area contributed by atoms with Crippen LogP contribution < -0.4 is 10.2 Å². The Labute approximate surface area is 189 Å². The minimum absolute atomic E-state index is 0.0715. The van der Waals surface area contributed by atoms with Crippen LogP contribution in [0.4, 0.5) is 5.95 Å². The summed E-state index contributed by atoms with van der Waals surface area (Å²) in [4.78, 5) is 20.0. The zero-order valence-corrected chi connectivity index (χ0v) is 18.8. The highest BCUT2D eigenvalue weighted by molar-refractivity contribution is 5.80. The van der Waals surface area contributed by atoms with Crippen molar-refractivity contribution in [3.05, 3.63) is 59.7 Å². The molecule has 1 N–H and O–H groups in total. The Morgan fingerprint density at radius 2 is 1.97 bits per heavy atom. The van der Waals surface area contributed by atoms with Gasteiger partial charge in [0, 0.05) is 32.2 Å². The fourth-order valence-corrected chi connectivity index (χ4v) is 4.96. The number of anilines is 1. The van der Waals surface area contributed by atoms with E-state index in [4.69, 9.17) is 9.72 Å². The minimum atomic E-state index is 0.0715. The number of piperidine rings is 1. The van der Waals surface area contributed by atoms with Crippen LogP contribution in [0.25, 0.3) is 11.0 Å². The van der Waals surface area contributed by atoms with Crippen LogP contribution in [-0.2, 0) is 16.1 Å². The number of fused-ring (bicyclic) bond motifs is 1. The van der Waals surface area contributed by atoms with Gasteiger partial charge in [-0.1, -0.05) is 42.0 Å². The Morgan fingerprint density at radius 1 is 1.12 bits per heavy atom. The first-order valence-electron chi connectivity index (χ1n) is 11.8. The van der Waals surface area contributed by atoms with Crippen molar-refractivity contribution in [2.45, 2.75) is 45.3 Å². The van der Waals surface area contributed by atoms with E-state index in [1.807, 2.05) is 6.07 Å². The number of aromatic nitrogens is 2. The van der Waals surface area contributed by atoms with Crippen LogP contribution in [0, 0.1) is 12.8 Å². The van der Waals surface area contributed by atoms with Gasteiger partial charge >= 0.3 is 0 Å². The third-order valence-corrected chi connectivity index (χ3v) is 6.73. The smallest absolute Gasteiger partial charge is 0.223 e. The van der Waals surface area contributed by atoms with Crippen LogP contribution in [0.15, 0.2) is 48.5 Å². The Hall–Kier alpha value is -2.86. The number of para-hydroxylation sites is 2. The number of aryl methyl sites for hydroxylation is 1. The average molecular weight is 433 g/mol. The molecule has 32 heavy (non-hydrogen) atoms. The number of carbonyl (C=O) groups excluding carboxylic acids is 1. The summed E-state index contributed by atoms with van der Waals surface area (Å²) in [5.74, 6) is 1.25. The fourth-order valence-electron chi connectivity index (χ4n) is 4.96. The summed E-state index contributed by atoms with van der Waals surface area (Å²) in [5, 5.41) is 3.12. The quantitative estimate of drug-likeness (QED) is 0.642. The van der Waals surface area contributed by atoms with Gasteiger partial charge in [0.25, 0.3) is 0 Å². The van der Waals surface area contributed by atoms with Crippen LogP contribution in [-0.4, -0.2) is 47.8 Å². The minimum Gasteiger partial charge on any atom is -0.376 e. The van der Waals surface area contributed by atoms with E-state index >= 15 is 0 Å². The lowest BCUT2D eigenvalue weighted by atomic mass is 9.96. The molecule has 5 rings (SSSR count). The summed E-state index contributed by atoms with van der Waals surface area (Å²) in [7, 11) is 0. The highest BCUT2D eigenvalue weighted by Crippen LogP contribution is 2.28. The molecule has 2 saturated heterocycles. The first-order chi connectivity index (χ1) is 15.7. The number of nitrogens with zero attached hydrogens (tertiary/aromatic N) is 3. The molecular weight excluding hydrogens is 400 g/mol. The molecule has 1 amide bonds. The number of ether oxygens (including phenoxy) is 1. The van der Waals surface area contributed by atoms with E-state index < -0.39 is 0 Å². The number of benzene rings is 2. The van der Waals surface area contributed by atoms with Crippen LogP contribution in [0.5, 0.6) is 0 Å². The van der Waals surface area contributed by atoms with Crippen molar-refractivity contribution < 1.29 is 9.53 Å². The van der Waals surface area contributed by atoms with Gasteiger partial charge in [-0.3, -0.25) is 4.79 Å². The second-order valence-corrected chi connectivity index (χ2v) is 9.12. The molecule has 2 aromatic carbocycles. The number of nitrogens with one attached hydrogen (secondary N) is 1. The Bertz CT molecular complexity index is 1080. The molecule has 3 aromatic rings. The molecule has 1 aromatic heterocycles. The molecule has 1 atom stereocenters. The monoisotopic (exact) mass is 432 g/mol. The Morgan fingerprint density at radius 3 is 2.75 bits per heavy atom. The highest BCUT2D eigenvalue weighted by atomic mass is 16.5. The standard InChI is InChI=1S/C26H32N4O2/c1-19-6-4-7-20(16-19)18-30-24-10-3-2-9-23(24)28-26(30)29-13-11-21(12-14-29)25(31)27-17-22-8-5-15-32-22/h2-4,6-7,9-10,16,21-22H,5,8,11-15,17-18H2,1H3,(H,27,31). The maximum Gasteiger partial charge on any atom is 0.223 e. The van der Waals surface area contributed by atoms with Crippen molar-refractivity contribution in [1.82, 2.24) is 14.9 Å². The van der Waals surface area contributed by atoms with Gasteiger partial charge in [-0.05, 0) is 50.3 Å². The van der Waals surface area contributed by atoms with Crippen molar-refractivity contribution in [2.24, 2.45) is 5.92 Å². The zero-order valence-electron chi connectivity index (χ0n) is 18.8. The summed E-state index contributed by atoms with van der Waals surface area (Å²) in [6.07, 6.45) is 4.05. The van der Waals surface area contributed by atoms with Crippen LogP contribution in [0.3, 0.4) is 0 Å². The molecular formula is C26H32N4O2. The van der Waals surface area contributed by atoms with Crippen molar-refractivity contribution in [3.8, 4) is 0 Å². The van der Waals surface area contributed by atoms with Crippen molar-refractivity contribution >= 4 is 22.9 Å². The fraction of sp³-hybridized carbons (Fsp3) is 0.462. The van der Waals surface area contributed by atoms with E-state index in [1.165, 1.54) is 11.1 Å². The first-order valence-corrected chi connectivity index (χ1v) is 11.8. The highest BCUT2D eigenvalue weighted by Gasteiger charge is 2.28. The topological polar surface area (TPSA) is 59.4 Å². The second kappa shape index (κ2) is 9.33. The van der Waals surface area contributed by atoms with Gasteiger partial charge in [-0.15, -0.1) is 0 Å². The van der Waals surface area contributed by atoms with E-state index in [0.29, 0.717) is 6.54 Å². The maximum atomic E-state index is 12.7. The number of amides is 1. The number of rotatable bonds is 6. The van der Waals surface area contributed by atoms with Gasteiger partial charge in [0.05, 0.1) is 23.7 Å². The van der Waals surface area contributed by atoms with Gasteiger partial charge < -0.3 is 19.5 Å². The molecule has 6 nitrogen and oxygen atoms in total. The summed E-state index contributed by atoms with van der Waals surface area (Å²) < 4.78 is 7.95. The Kier molecular flexibility index (Phi) is 6.12. The van der Waals surface area contributed by atoms with E-state index in [2.05, 4.69) is 64.2 Å². The molecule has 2 fully saturated rings. The van der Waals surface area contributed by atoms with Gasteiger partial charge in [-0.2, -0.15) is 0 Å². The summed E-state index contributed by atoms with van der Waals surface area (Å²) in [5.41, 5.74) is 4.72. The molecule has 1 unspecified atom stereocenters. The Balaban J connectivity index is 1.29. The number of hydrogen-bond donors (Lipinski definition) is 1. The number of hydrogen-bond acceptors (Lipinski definition) is 4. The van der Waals surface area contributed by atoms with Crippen molar-refractivity contribution in [3.63, 3.8) is 0 Å². The SMILES string of the molecule is Cc1cccc(Cn2c(N3CCC(C(=O)NCC4CCCO4)CC3)nc3ccccc32)c1. The van der Waals surface area contributed by atoms with Gasteiger partial charge in [0.2, 0.25) is 11.9 Å². The zero-order chi connectivity index (χ0) is 21.9. The molecule has 2 aliphatic heterocycles. The van der Waals surface area contributed by atoms with Crippen LogP contribution >= 0.6 is 0 Å². The second-order valence-electron chi connectivity index (χ2n) is 9.12.